The SMILES string of the molecule is Cc1cccc(OCCCNC(=O)CN2C(=O)C3CCCCC3C2=O)c1. The molecule has 26 heavy (non-hydrogen) atoms. The van der Waals surface area contributed by atoms with E-state index >= 15 is 0 Å². The quantitative estimate of drug-likeness (QED) is 0.598. The first kappa shape index (κ1) is 18.4. The van der Waals surface area contributed by atoms with Gasteiger partial charge in [-0.1, -0.05) is 25.0 Å². The Hall–Kier alpha value is -2.37. The number of benzene rings is 1. The van der Waals surface area contributed by atoms with Gasteiger partial charge in [-0.05, 0) is 43.9 Å². The predicted octanol–water partition coefficient (Wildman–Crippen LogP) is 2.06. The summed E-state index contributed by atoms with van der Waals surface area (Å²) < 4.78 is 5.63. The van der Waals surface area contributed by atoms with Gasteiger partial charge in [0, 0.05) is 6.54 Å². The molecule has 0 aromatic heterocycles. The van der Waals surface area contributed by atoms with E-state index in [1.807, 2.05) is 31.2 Å². The van der Waals surface area contributed by atoms with Crippen molar-refractivity contribution in [2.24, 2.45) is 11.8 Å². The molecular weight excluding hydrogens is 332 g/mol. The summed E-state index contributed by atoms with van der Waals surface area (Å²) in [5, 5.41) is 2.76. The number of hydrogen-bond donors (Lipinski definition) is 1. The van der Waals surface area contributed by atoms with Crippen LogP contribution >= 0.6 is 0 Å². The Bertz CT molecular complexity index is 664. The molecule has 6 heteroatoms. The van der Waals surface area contributed by atoms with E-state index in [4.69, 9.17) is 4.74 Å². The fourth-order valence-corrected chi connectivity index (χ4v) is 3.78. The number of carbonyl (C=O) groups is 3. The van der Waals surface area contributed by atoms with Crippen LogP contribution in [0.25, 0.3) is 0 Å². The van der Waals surface area contributed by atoms with Crippen LogP contribution in [-0.2, 0) is 14.4 Å². The molecule has 1 aliphatic carbocycles. The van der Waals surface area contributed by atoms with Gasteiger partial charge in [0.25, 0.3) is 0 Å². The topological polar surface area (TPSA) is 75.7 Å². The van der Waals surface area contributed by atoms with E-state index in [1.54, 1.807) is 0 Å². The first-order valence-corrected chi connectivity index (χ1v) is 9.37. The Kier molecular flexibility index (Phi) is 5.91. The highest BCUT2D eigenvalue weighted by molar-refractivity contribution is 6.07. The highest BCUT2D eigenvalue weighted by atomic mass is 16.5. The molecule has 1 aliphatic heterocycles. The van der Waals surface area contributed by atoms with Crippen molar-refractivity contribution < 1.29 is 19.1 Å². The first-order chi connectivity index (χ1) is 12.6. The minimum Gasteiger partial charge on any atom is -0.494 e. The van der Waals surface area contributed by atoms with E-state index in [0.717, 1.165) is 41.9 Å². The van der Waals surface area contributed by atoms with E-state index in [-0.39, 0.29) is 36.1 Å². The van der Waals surface area contributed by atoms with Crippen molar-refractivity contribution >= 4 is 17.7 Å². The maximum absolute atomic E-state index is 12.4. The molecule has 0 spiro atoms. The lowest BCUT2D eigenvalue weighted by atomic mass is 9.81. The first-order valence-electron chi connectivity index (χ1n) is 9.37. The lowest BCUT2D eigenvalue weighted by Gasteiger charge is -2.19. The fraction of sp³-hybridized carbons (Fsp3) is 0.550. The third kappa shape index (κ3) is 4.23. The van der Waals surface area contributed by atoms with Crippen molar-refractivity contribution in [3.8, 4) is 5.75 Å². The van der Waals surface area contributed by atoms with Gasteiger partial charge in [0.15, 0.2) is 0 Å². The second-order valence-electron chi connectivity index (χ2n) is 7.13. The molecule has 6 nitrogen and oxygen atoms in total. The summed E-state index contributed by atoms with van der Waals surface area (Å²) in [6.45, 7) is 2.79. The molecule has 2 fully saturated rings. The number of rotatable bonds is 7. The van der Waals surface area contributed by atoms with Gasteiger partial charge in [-0.15, -0.1) is 0 Å². The number of carbonyl (C=O) groups excluding carboxylic acids is 3. The van der Waals surface area contributed by atoms with Crippen LogP contribution in [0, 0.1) is 18.8 Å². The Morgan fingerprint density at radius 1 is 1.19 bits per heavy atom. The zero-order valence-corrected chi connectivity index (χ0v) is 15.2. The summed E-state index contributed by atoms with van der Waals surface area (Å²) in [7, 11) is 0. The second-order valence-corrected chi connectivity index (χ2v) is 7.13. The second kappa shape index (κ2) is 8.34. The van der Waals surface area contributed by atoms with Crippen molar-refractivity contribution in [1.82, 2.24) is 10.2 Å². The monoisotopic (exact) mass is 358 g/mol. The van der Waals surface area contributed by atoms with Gasteiger partial charge in [-0.25, -0.2) is 0 Å². The molecule has 2 unspecified atom stereocenters. The smallest absolute Gasteiger partial charge is 0.240 e. The number of nitrogens with zero attached hydrogens (tertiary/aromatic N) is 1. The highest BCUT2D eigenvalue weighted by Crippen LogP contribution is 2.37. The normalized spacial score (nSPS) is 22.3. The molecule has 1 saturated carbocycles. The average molecular weight is 358 g/mol. The molecule has 1 N–H and O–H groups in total. The zero-order chi connectivity index (χ0) is 18.5. The van der Waals surface area contributed by atoms with Gasteiger partial charge in [-0.2, -0.15) is 0 Å². The number of ether oxygens (including phenoxy) is 1. The number of likely N-dealkylation sites (tertiary alicyclic amines) is 1. The Morgan fingerprint density at radius 2 is 1.88 bits per heavy atom. The summed E-state index contributed by atoms with van der Waals surface area (Å²) >= 11 is 0. The number of nitrogens with one attached hydrogen (secondary N) is 1. The maximum Gasteiger partial charge on any atom is 0.240 e. The van der Waals surface area contributed by atoms with Crippen LogP contribution in [0.3, 0.4) is 0 Å². The van der Waals surface area contributed by atoms with Crippen LogP contribution in [0.4, 0.5) is 0 Å². The van der Waals surface area contributed by atoms with Gasteiger partial charge in [0.2, 0.25) is 17.7 Å². The summed E-state index contributed by atoms with van der Waals surface area (Å²) in [4.78, 5) is 37.9. The third-order valence-electron chi connectivity index (χ3n) is 5.14. The molecule has 1 heterocycles. The van der Waals surface area contributed by atoms with Gasteiger partial charge < -0.3 is 10.1 Å². The van der Waals surface area contributed by atoms with E-state index in [1.165, 1.54) is 0 Å². The van der Waals surface area contributed by atoms with Crippen molar-refractivity contribution in [2.75, 3.05) is 19.7 Å². The van der Waals surface area contributed by atoms with Crippen LogP contribution in [0.5, 0.6) is 5.75 Å². The van der Waals surface area contributed by atoms with Crippen LogP contribution in [0.2, 0.25) is 0 Å². The summed E-state index contributed by atoms with van der Waals surface area (Å²) in [5.41, 5.74) is 1.14. The van der Waals surface area contributed by atoms with Gasteiger partial charge >= 0.3 is 0 Å². The molecule has 140 valence electrons. The lowest BCUT2D eigenvalue weighted by molar-refractivity contribution is -0.143. The summed E-state index contributed by atoms with van der Waals surface area (Å²) in [6.07, 6.45) is 4.17. The van der Waals surface area contributed by atoms with Gasteiger partial charge in [-0.3, -0.25) is 19.3 Å². The van der Waals surface area contributed by atoms with E-state index in [0.29, 0.717) is 19.6 Å². The molecule has 0 radical (unpaired) electrons. The molecule has 2 atom stereocenters. The minimum atomic E-state index is -0.291. The maximum atomic E-state index is 12.4. The Morgan fingerprint density at radius 3 is 2.54 bits per heavy atom. The van der Waals surface area contributed by atoms with Crippen LogP contribution < -0.4 is 10.1 Å². The van der Waals surface area contributed by atoms with E-state index in [2.05, 4.69) is 5.32 Å². The van der Waals surface area contributed by atoms with E-state index in [9.17, 15) is 14.4 Å². The Balaban J connectivity index is 1.37. The zero-order valence-electron chi connectivity index (χ0n) is 15.2. The molecule has 1 aromatic carbocycles. The molecule has 1 aromatic rings. The molecule has 3 amide bonds. The van der Waals surface area contributed by atoms with E-state index < -0.39 is 0 Å². The summed E-state index contributed by atoms with van der Waals surface area (Å²) in [5.74, 6) is -0.220. The van der Waals surface area contributed by atoms with Gasteiger partial charge in [0.05, 0.1) is 18.4 Å². The minimum absolute atomic E-state index is 0.163. The van der Waals surface area contributed by atoms with Crippen LogP contribution in [0.15, 0.2) is 24.3 Å². The Labute approximate surface area is 153 Å². The largest absolute Gasteiger partial charge is 0.494 e. The summed E-state index contributed by atoms with van der Waals surface area (Å²) in [6, 6.07) is 7.80. The van der Waals surface area contributed by atoms with Crippen molar-refractivity contribution in [3.63, 3.8) is 0 Å². The number of aryl methyl sites for hydroxylation is 1. The molecule has 2 aliphatic rings. The van der Waals surface area contributed by atoms with Crippen LogP contribution in [0.1, 0.15) is 37.7 Å². The molecule has 3 rings (SSSR count). The van der Waals surface area contributed by atoms with Gasteiger partial charge in [0.1, 0.15) is 12.3 Å². The number of amides is 3. The average Bonchev–Trinajstić information content (AvgIpc) is 2.87. The number of hydrogen-bond acceptors (Lipinski definition) is 4. The molecule has 1 saturated heterocycles. The highest BCUT2D eigenvalue weighted by Gasteiger charge is 2.48. The van der Waals surface area contributed by atoms with Crippen molar-refractivity contribution in [2.45, 2.75) is 39.0 Å². The number of imide groups is 1. The predicted molar refractivity (Wildman–Crippen MR) is 96.5 cm³/mol. The molecule has 0 bridgehead atoms. The van der Waals surface area contributed by atoms with Crippen molar-refractivity contribution in [3.05, 3.63) is 29.8 Å². The molecular formula is C20H26N2O4. The standard InChI is InChI=1S/C20H26N2O4/c1-14-6-4-7-15(12-14)26-11-5-10-21-18(23)13-22-19(24)16-8-2-3-9-17(16)20(22)25/h4,6-7,12,16-17H,2-3,5,8-11,13H2,1H3,(H,21,23). The fourth-order valence-electron chi connectivity index (χ4n) is 3.78. The number of fused-ring (bicyclic) bond motifs is 1. The third-order valence-corrected chi connectivity index (χ3v) is 5.14. The van der Waals surface area contributed by atoms with Crippen molar-refractivity contribution in [1.29, 1.82) is 0 Å². The van der Waals surface area contributed by atoms with Crippen LogP contribution in [-0.4, -0.2) is 42.3 Å². The lowest BCUT2D eigenvalue weighted by Crippen LogP contribution is -2.41.